The number of aromatic amines is 1. The third-order valence-corrected chi connectivity index (χ3v) is 6.61. The van der Waals surface area contributed by atoms with Crippen LogP contribution in [-0.4, -0.2) is 43.2 Å². The number of aliphatic hydroxyl groups is 1. The minimum absolute atomic E-state index is 0.104. The first-order valence-electron chi connectivity index (χ1n) is 8.39. The quantitative estimate of drug-likeness (QED) is 0.573. The molecule has 1 aromatic heterocycles. The number of nitrogens with one attached hydrogen (secondary N) is 1. The molecule has 0 saturated carbocycles. The van der Waals surface area contributed by atoms with E-state index < -0.39 is 9.84 Å². The molecular weight excluding hydrogens is 423 g/mol. The molecule has 6 nitrogen and oxygen atoms in total. The average Bonchev–Trinajstić information content (AvgIpc) is 3.08. The maximum Gasteiger partial charge on any atom is 0.178 e. The van der Waals surface area contributed by atoms with Gasteiger partial charge in [-0.1, -0.05) is 41.4 Å². The molecule has 3 aromatic rings. The van der Waals surface area contributed by atoms with Crippen molar-refractivity contribution in [3.05, 3.63) is 52.6 Å². The molecule has 0 aliphatic carbocycles. The highest BCUT2D eigenvalue weighted by Gasteiger charge is 2.19. The van der Waals surface area contributed by atoms with E-state index in [9.17, 15) is 8.42 Å². The second-order valence-corrected chi connectivity index (χ2v) is 8.93. The van der Waals surface area contributed by atoms with Gasteiger partial charge < -0.3 is 9.84 Å². The largest absolute Gasteiger partial charge is 0.495 e. The molecule has 1 heterocycles. The lowest BCUT2D eigenvalue weighted by Gasteiger charge is -2.08. The molecule has 2 N–H and O–H groups in total. The summed E-state index contributed by atoms with van der Waals surface area (Å²) in [5, 5.41) is 16.7. The van der Waals surface area contributed by atoms with Crippen LogP contribution in [0.2, 0.25) is 10.2 Å². The van der Waals surface area contributed by atoms with Gasteiger partial charge in [0.15, 0.2) is 9.84 Å². The third kappa shape index (κ3) is 4.17. The first kappa shape index (κ1) is 20.7. The summed E-state index contributed by atoms with van der Waals surface area (Å²) in [6, 6.07) is 11.7. The zero-order valence-electron chi connectivity index (χ0n) is 14.9. The molecule has 0 aliphatic rings. The number of hydrogen-bond acceptors (Lipinski definition) is 5. The van der Waals surface area contributed by atoms with E-state index >= 15 is 0 Å². The van der Waals surface area contributed by atoms with Crippen molar-refractivity contribution in [1.82, 2.24) is 10.2 Å². The number of hydrogen-bond donors (Lipinski definition) is 2. The van der Waals surface area contributed by atoms with Crippen molar-refractivity contribution in [3.8, 4) is 28.1 Å². The van der Waals surface area contributed by atoms with Crippen molar-refractivity contribution in [2.24, 2.45) is 0 Å². The highest BCUT2D eigenvalue weighted by Crippen LogP contribution is 2.38. The summed E-state index contributed by atoms with van der Waals surface area (Å²) in [7, 11) is -1.90. The number of halogens is 2. The molecule has 0 radical (unpaired) electrons. The van der Waals surface area contributed by atoms with Crippen molar-refractivity contribution < 1.29 is 18.3 Å². The molecule has 148 valence electrons. The Kier molecular flexibility index (Phi) is 6.30. The van der Waals surface area contributed by atoms with Crippen LogP contribution in [0.3, 0.4) is 0 Å². The van der Waals surface area contributed by atoms with Gasteiger partial charge in [-0.2, -0.15) is 5.10 Å². The molecule has 0 unspecified atom stereocenters. The van der Waals surface area contributed by atoms with Crippen molar-refractivity contribution in [2.45, 2.75) is 11.3 Å². The van der Waals surface area contributed by atoms with E-state index in [1.807, 2.05) is 6.07 Å². The predicted molar refractivity (Wildman–Crippen MR) is 110 cm³/mol. The molecule has 9 heteroatoms. The number of aromatic nitrogens is 2. The number of benzene rings is 2. The molecular formula is C19H18Cl2N2O4S. The molecule has 2 aromatic carbocycles. The fourth-order valence-electron chi connectivity index (χ4n) is 2.81. The molecule has 0 atom stereocenters. The Morgan fingerprint density at radius 2 is 1.79 bits per heavy atom. The Hall–Kier alpha value is -2.06. The van der Waals surface area contributed by atoms with Crippen LogP contribution >= 0.6 is 23.2 Å². The van der Waals surface area contributed by atoms with E-state index in [0.29, 0.717) is 32.7 Å². The molecule has 3 rings (SSSR count). The van der Waals surface area contributed by atoms with E-state index in [2.05, 4.69) is 10.2 Å². The van der Waals surface area contributed by atoms with Crippen molar-refractivity contribution in [2.75, 3.05) is 19.5 Å². The van der Waals surface area contributed by atoms with E-state index in [1.165, 1.54) is 19.2 Å². The van der Waals surface area contributed by atoms with E-state index in [0.717, 1.165) is 5.56 Å². The van der Waals surface area contributed by atoms with E-state index in [-0.39, 0.29) is 23.7 Å². The number of aliphatic hydroxyl groups excluding tert-OH is 1. The van der Waals surface area contributed by atoms with Crippen LogP contribution in [0.15, 0.2) is 47.4 Å². The first-order valence-corrected chi connectivity index (χ1v) is 10.8. The number of rotatable bonds is 7. The van der Waals surface area contributed by atoms with Crippen LogP contribution in [0.4, 0.5) is 0 Å². The monoisotopic (exact) mass is 440 g/mol. The van der Waals surface area contributed by atoms with Crippen molar-refractivity contribution in [1.29, 1.82) is 0 Å². The number of ether oxygens (including phenoxy) is 1. The summed E-state index contributed by atoms with van der Waals surface area (Å²) in [4.78, 5) is 0.195. The van der Waals surface area contributed by atoms with Crippen LogP contribution in [0.25, 0.3) is 22.4 Å². The Balaban J connectivity index is 1.99. The third-order valence-electron chi connectivity index (χ3n) is 4.22. The summed E-state index contributed by atoms with van der Waals surface area (Å²) in [5.41, 5.74) is 2.68. The molecule has 0 aliphatic heterocycles. The van der Waals surface area contributed by atoms with Gasteiger partial charge in [0.2, 0.25) is 0 Å². The molecule has 0 spiro atoms. The molecule has 28 heavy (non-hydrogen) atoms. The first-order chi connectivity index (χ1) is 13.4. The van der Waals surface area contributed by atoms with Gasteiger partial charge in [0, 0.05) is 17.7 Å². The highest BCUT2D eigenvalue weighted by atomic mass is 35.5. The summed E-state index contributed by atoms with van der Waals surface area (Å²) in [6.45, 7) is -0.170. The van der Waals surface area contributed by atoms with Gasteiger partial charge in [-0.15, -0.1) is 0 Å². The van der Waals surface area contributed by atoms with Gasteiger partial charge in [0.05, 0.1) is 22.8 Å². The van der Waals surface area contributed by atoms with Gasteiger partial charge in [-0.3, -0.25) is 5.10 Å². The maximum atomic E-state index is 12.2. The lowest BCUT2D eigenvalue weighted by Crippen LogP contribution is -2.08. The van der Waals surface area contributed by atoms with Crippen LogP contribution < -0.4 is 4.74 Å². The molecule has 0 amide bonds. The van der Waals surface area contributed by atoms with Gasteiger partial charge in [0.25, 0.3) is 0 Å². The summed E-state index contributed by atoms with van der Waals surface area (Å²) >= 11 is 12.5. The minimum Gasteiger partial charge on any atom is -0.495 e. The van der Waals surface area contributed by atoms with Crippen molar-refractivity contribution in [3.63, 3.8) is 0 Å². The second kappa shape index (κ2) is 8.53. The second-order valence-electron chi connectivity index (χ2n) is 6.03. The Morgan fingerprint density at radius 1 is 1.11 bits per heavy atom. The minimum atomic E-state index is -3.44. The zero-order chi connectivity index (χ0) is 20.3. The average molecular weight is 441 g/mol. The fraction of sp³-hybridized carbons (Fsp3) is 0.211. The standard InChI is InChI=1S/C19H18Cl2N2O4S/c1-27-16-8-5-13(11-15(16)20)17-18(22-23-19(17)21)12-3-6-14(7-4-12)28(25,26)10-2-9-24/h3-8,11,24H,2,9-10H2,1H3,(H,22,23). The summed E-state index contributed by atoms with van der Waals surface area (Å²) in [5.74, 6) is 0.441. The zero-order valence-corrected chi connectivity index (χ0v) is 17.3. The number of methoxy groups -OCH3 is 1. The molecule has 0 saturated heterocycles. The molecule has 0 bridgehead atoms. The van der Waals surface area contributed by atoms with Crippen LogP contribution in [0.5, 0.6) is 5.75 Å². The van der Waals surface area contributed by atoms with Crippen LogP contribution in [0, 0.1) is 0 Å². The van der Waals surface area contributed by atoms with E-state index in [1.54, 1.807) is 24.3 Å². The SMILES string of the molecule is COc1ccc(-c2c(-c3ccc(S(=O)(=O)CCCO)cc3)n[nH]c2Cl)cc1Cl. The van der Waals surface area contributed by atoms with Crippen molar-refractivity contribution >= 4 is 33.0 Å². The van der Waals surface area contributed by atoms with Gasteiger partial charge in [0.1, 0.15) is 16.6 Å². The lowest BCUT2D eigenvalue weighted by molar-refractivity contribution is 0.295. The van der Waals surface area contributed by atoms with Gasteiger partial charge in [-0.25, -0.2) is 8.42 Å². The predicted octanol–water partition coefficient (Wildman–Crippen LogP) is 4.22. The lowest BCUT2D eigenvalue weighted by atomic mass is 10.0. The smallest absolute Gasteiger partial charge is 0.178 e. The Morgan fingerprint density at radius 3 is 2.39 bits per heavy atom. The number of H-pyrrole nitrogens is 1. The summed E-state index contributed by atoms with van der Waals surface area (Å²) < 4.78 is 29.7. The van der Waals surface area contributed by atoms with E-state index in [4.69, 9.17) is 33.0 Å². The van der Waals surface area contributed by atoms with Gasteiger partial charge >= 0.3 is 0 Å². The fourth-order valence-corrected chi connectivity index (χ4v) is 4.60. The Bertz CT molecular complexity index is 1080. The maximum absolute atomic E-state index is 12.2. The number of sulfone groups is 1. The van der Waals surface area contributed by atoms with Crippen LogP contribution in [-0.2, 0) is 9.84 Å². The van der Waals surface area contributed by atoms with Gasteiger partial charge in [-0.05, 0) is 36.2 Å². The van der Waals surface area contributed by atoms with Crippen LogP contribution in [0.1, 0.15) is 6.42 Å². The Labute approximate surface area is 173 Å². The highest BCUT2D eigenvalue weighted by molar-refractivity contribution is 7.91. The topological polar surface area (TPSA) is 92.3 Å². The normalized spacial score (nSPS) is 11.6. The number of nitrogens with zero attached hydrogens (tertiary/aromatic N) is 1. The molecule has 0 fully saturated rings. The summed E-state index contributed by atoms with van der Waals surface area (Å²) in [6.07, 6.45) is 0.196.